The van der Waals surface area contributed by atoms with Crippen LogP contribution in [-0.4, -0.2) is 19.7 Å². The van der Waals surface area contributed by atoms with Crippen molar-refractivity contribution in [2.24, 2.45) is 5.92 Å². The Kier molecular flexibility index (Phi) is 7.06. The van der Waals surface area contributed by atoms with E-state index in [1.165, 1.54) is 12.8 Å². The van der Waals surface area contributed by atoms with Gasteiger partial charge in [-0.1, -0.05) is 37.6 Å². The number of halogens is 1. The SMILES string of the molecule is CC(C)CCCNCCOc1ccccc1Cl. The molecular weight excluding hydrogens is 234 g/mol. The van der Waals surface area contributed by atoms with Crippen LogP contribution >= 0.6 is 11.6 Å². The summed E-state index contributed by atoms with van der Waals surface area (Å²) in [6.07, 6.45) is 2.50. The minimum Gasteiger partial charge on any atom is -0.491 e. The predicted molar refractivity (Wildman–Crippen MR) is 73.9 cm³/mol. The second-order valence-electron chi connectivity index (χ2n) is 4.56. The lowest BCUT2D eigenvalue weighted by Gasteiger charge is -2.09. The Labute approximate surface area is 109 Å². The van der Waals surface area contributed by atoms with Crippen molar-refractivity contribution < 1.29 is 4.74 Å². The van der Waals surface area contributed by atoms with Crippen molar-refractivity contribution in [1.29, 1.82) is 0 Å². The number of nitrogens with one attached hydrogen (secondary N) is 1. The van der Waals surface area contributed by atoms with Gasteiger partial charge in [0.2, 0.25) is 0 Å². The van der Waals surface area contributed by atoms with Crippen molar-refractivity contribution in [3.63, 3.8) is 0 Å². The van der Waals surface area contributed by atoms with Gasteiger partial charge in [0.1, 0.15) is 12.4 Å². The van der Waals surface area contributed by atoms with Crippen molar-refractivity contribution in [3.8, 4) is 5.75 Å². The molecule has 17 heavy (non-hydrogen) atoms. The summed E-state index contributed by atoms with van der Waals surface area (Å²) in [6, 6.07) is 7.56. The lowest BCUT2D eigenvalue weighted by atomic mass is 10.1. The van der Waals surface area contributed by atoms with E-state index in [2.05, 4.69) is 19.2 Å². The van der Waals surface area contributed by atoms with E-state index in [0.717, 1.165) is 24.8 Å². The fourth-order valence-electron chi connectivity index (χ4n) is 1.56. The monoisotopic (exact) mass is 255 g/mol. The van der Waals surface area contributed by atoms with Crippen molar-refractivity contribution >= 4 is 11.6 Å². The minimum atomic E-state index is 0.658. The normalized spacial score (nSPS) is 10.8. The van der Waals surface area contributed by atoms with E-state index >= 15 is 0 Å². The number of rotatable bonds is 8. The van der Waals surface area contributed by atoms with Crippen LogP contribution in [0.2, 0.25) is 5.02 Å². The predicted octanol–water partition coefficient (Wildman–Crippen LogP) is 3.74. The van der Waals surface area contributed by atoms with Gasteiger partial charge >= 0.3 is 0 Å². The molecule has 1 N–H and O–H groups in total. The standard InChI is InChI=1S/C14H22ClNO/c1-12(2)6-5-9-16-10-11-17-14-8-4-3-7-13(14)15/h3-4,7-8,12,16H,5-6,9-11H2,1-2H3. The molecule has 1 aromatic carbocycles. The van der Waals surface area contributed by atoms with E-state index in [4.69, 9.17) is 16.3 Å². The smallest absolute Gasteiger partial charge is 0.137 e. The van der Waals surface area contributed by atoms with Crippen molar-refractivity contribution in [2.45, 2.75) is 26.7 Å². The molecule has 0 bridgehead atoms. The third-order valence-electron chi connectivity index (χ3n) is 2.51. The van der Waals surface area contributed by atoms with Crippen LogP contribution < -0.4 is 10.1 Å². The zero-order valence-corrected chi connectivity index (χ0v) is 11.5. The van der Waals surface area contributed by atoms with Gasteiger partial charge in [0, 0.05) is 6.54 Å². The van der Waals surface area contributed by atoms with Crippen molar-refractivity contribution in [3.05, 3.63) is 29.3 Å². The summed E-state index contributed by atoms with van der Waals surface area (Å²) in [5.74, 6) is 1.55. The van der Waals surface area contributed by atoms with E-state index in [1.807, 2.05) is 24.3 Å². The Bertz CT molecular complexity index is 315. The number of ether oxygens (including phenoxy) is 1. The maximum absolute atomic E-state index is 5.98. The van der Waals surface area contributed by atoms with Crippen LogP contribution in [0.25, 0.3) is 0 Å². The molecule has 0 fully saturated rings. The quantitative estimate of drug-likeness (QED) is 0.715. The molecule has 96 valence electrons. The maximum atomic E-state index is 5.98. The first-order valence-corrected chi connectivity index (χ1v) is 6.66. The number of benzene rings is 1. The highest BCUT2D eigenvalue weighted by Gasteiger charge is 1.98. The molecule has 0 unspecified atom stereocenters. The summed E-state index contributed by atoms with van der Waals surface area (Å²) in [7, 11) is 0. The van der Waals surface area contributed by atoms with Crippen molar-refractivity contribution in [2.75, 3.05) is 19.7 Å². The van der Waals surface area contributed by atoms with Gasteiger partial charge in [0.15, 0.2) is 0 Å². The van der Waals surface area contributed by atoms with Gasteiger partial charge < -0.3 is 10.1 Å². The fraction of sp³-hybridized carbons (Fsp3) is 0.571. The molecule has 0 saturated carbocycles. The van der Waals surface area contributed by atoms with Gasteiger partial charge in [-0.2, -0.15) is 0 Å². The Morgan fingerprint density at radius 1 is 1.24 bits per heavy atom. The lowest BCUT2D eigenvalue weighted by Crippen LogP contribution is -2.22. The number of hydrogen-bond donors (Lipinski definition) is 1. The molecule has 0 heterocycles. The van der Waals surface area contributed by atoms with Crippen LogP contribution in [0.3, 0.4) is 0 Å². The molecule has 1 rings (SSSR count). The van der Waals surface area contributed by atoms with Gasteiger partial charge in [-0.25, -0.2) is 0 Å². The first-order chi connectivity index (χ1) is 8.20. The van der Waals surface area contributed by atoms with E-state index in [-0.39, 0.29) is 0 Å². The highest BCUT2D eigenvalue weighted by Crippen LogP contribution is 2.22. The van der Waals surface area contributed by atoms with Crippen LogP contribution in [0, 0.1) is 5.92 Å². The molecule has 0 spiro atoms. The molecule has 0 amide bonds. The number of hydrogen-bond acceptors (Lipinski definition) is 2. The Balaban J connectivity index is 2.03. The number of para-hydroxylation sites is 1. The van der Waals surface area contributed by atoms with Gasteiger partial charge in [-0.15, -0.1) is 0 Å². The fourth-order valence-corrected chi connectivity index (χ4v) is 1.75. The van der Waals surface area contributed by atoms with Crippen molar-refractivity contribution in [1.82, 2.24) is 5.32 Å². The summed E-state index contributed by atoms with van der Waals surface area (Å²) in [5, 5.41) is 4.04. The highest BCUT2D eigenvalue weighted by atomic mass is 35.5. The Morgan fingerprint density at radius 2 is 2.00 bits per heavy atom. The van der Waals surface area contributed by atoms with E-state index in [1.54, 1.807) is 0 Å². The summed E-state index contributed by atoms with van der Waals surface area (Å²) >= 11 is 5.98. The van der Waals surface area contributed by atoms with Crippen LogP contribution in [0.15, 0.2) is 24.3 Å². The van der Waals surface area contributed by atoms with Gasteiger partial charge in [-0.05, 0) is 37.4 Å². The van der Waals surface area contributed by atoms with Gasteiger partial charge in [0.05, 0.1) is 5.02 Å². The van der Waals surface area contributed by atoms with Crippen LogP contribution in [0.5, 0.6) is 5.75 Å². The molecule has 0 atom stereocenters. The second kappa shape index (κ2) is 8.37. The van der Waals surface area contributed by atoms with E-state index in [9.17, 15) is 0 Å². The van der Waals surface area contributed by atoms with Crippen LogP contribution in [0.1, 0.15) is 26.7 Å². The molecule has 0 saturated heterocycles. The molecule has 1 aromatic rings. The largest absolute Gasteiger partial charge is 0.491 e. The molecule has 0 radical (unpaired) electrons. The topological polar surface area (TPSA) is 21.3 Å². The first-order valence-electron chi connectivity index (χ1n) is 6.28. The average molecular weight is 256 g/mol. The highest BCUT2D eigenvalue weighted by molar-refractivity contribution is 6.32. The van der Waals surface area contributed by atoms with E-state index in [0.29, 0.717) is 11.6 Å². The summed E-state index contributed by atoms with van der Waals surface area (Å²) < 4.78 is 5.57. The molecule has 2 nitrogen and oxygen atoms in total. The molecule has 0 aliphatic heterocycles. The zero-order chi connectivity index (χ0) is 12.5. The molecular formula is C14H22ClNO. The minimum absolute atomic E-state index is 0.658. The Hall–Kier alpha value is -0.730. The lowest BCUT2D eigenvalue weighted by molar-refractivity contribution is 0.313. The third kappa shape index (κ3) is 6.54. The van der Waals surface area contributed by atoms with E-state index < -0.39 is 0 Å². The van der Waals surface area contributed by atoms with Crippen LogP contribution in [0.4, 0.5) is 0 Å². The Morgan fingerprint density at radius 3 is 2.71 bits per heavy atom. The van der Waals surface area contributed by atoms with Gasteiger partial charge in [-0.3, -0.25) is 0 Å². The van der Waals surface area contributed by atoms with Crippen LogP contribution in [-0.2, 0) is 0 Å². The summed E-state index contributed by atoms with van der Waals surface area (Å²) in [4.78, 5) is 0. The molecule has 0 aromatic heterocycles. The zero-order valence-electron chi connectivity index (χ0n) is 10.7. The first kappa shape index (κ1) is 14.3. The second-order valence-corrected chi connectivity index (χ2v) is 4.97. The average Bonchev–Trinajstić information content (AvgIpc) is 2.30. The molecule has 0 aliphatic carbocycles. The summed E-state index contributed by atoms with van der Waals surface area (Å²) in [5.41, 5.74) is 0. The third-order valence-corrected chi connectivity index (χ3v) is 2.82. The maximum Gasteiger partial charge on any atom is 0.137 e. The molecule has 3 heteroatoms. The molecule has 0 aliphatic rings. The summed E-state index contributed by atoms with van der Waals surface area (Å²) in [6.45, 7) is 7.08. The van der Waals surface area contributed by atoms with Gasteiger partial charge in [0.25, 0.3) is 0 Å².